The first-order valence-electron chi connectivity index (χ1n) is 10.7. The first-order chi connectivity index (χ1) is 15.8. The zero-order valence-corrected chi connectivity index (χ0v) is 17.6. The molecule has 0 radical (unpaired) electrons. The maximum Gasteiger partial charge on any atom is 0.260 e. The van der Waals surface area contributed by atoms with Crippen molar-refractivity contribution in [2.75, 3.05) is 0 Å². The Hall–Kier alpha value is -4.30. The molecule has 0 aliphatic carbocycles. The Bertz CT molecular complexity index is 1350. The molecule has 0 saturated carbocycles. The number of hydrogen-bond donors (Lipinski definition) is 0. The minimum absolute atomic E-state index is 0.00980. The van der Waals surface area contributed by atoms with Gasteiger partial charge < -0.3 is 0 Å². The lowest BCUT2D eigenvalue weighted by Gasteiger charge is -2.12. The Morgan fingerprint density at radius 2 is 1.00 bits per heavy atom. The number of carbonyl (C=O) groups excluding carboxylic acids is 1. The summed E-state index contributed by atoms with van der Waals surface area (Å²) in [6.07, 6.45) is 0. The van der Waals surface area contributed by atoms with Crippen LogP contribution in [0.1, 0.15) is 16.1 Å². The molecule has 0 fully saturated rings. The van der Waals surface area contributed by atoms with Gasteiger partial charge in [0, 0.05) is 35.4 Å². The van der Waals surface area contributed by atoms with Crippen molar-refractivity contribution in [1.29, 1.82) is 0 Å². The second kappa shape index (κ2) is 8.83. The van der Waals surface area contributed by atoms with Crippen LogP contribution in [0.5, 0.6) is 0 Å². The minimum Gasteiger partial charge on any atom is -0.282 e. The lowest BCUT2D eigenvalue weighted by atomic mass is 9.98. The normalized spacial score (nSPS) is 10.6. The summed E-state index contributed by atoms with van der Waals surface area (Å²) >= 11 is 0. The predicted octanol–water partition coefficient (Wildman–Crippen LogP) is 6.53. The quantitative estimate of drug-likeness (QED) is 0.237. The molecule has 32 heavy (non-hydrogen) atoms. The second-order valence-electron chi connectivity index (χ2n) is 7.61. The fourth-order valence-electron chi connectivity index (χ4n) is 3.97. The summed E-state index contributed by atoms with van der Waals surface area (Å²) in [4.78, 5) is 13.8. The number of benzene rings is 4. The molecule has 2 heteroatoms. The molecule has 0 atom stereocenters. The molecule has 4 aromatic carbocycles. The summed E-state index contributed by atoms with van der Waals surface area (Å²) in [5, 5.41) is 0. The highest BCUT2D eigenvalue weighted by Crippen LogP contribution is 2.27. The zero-order chi connectivity index (χ0) is 21.8. The van der Waals surface area contributed by atoms with Gasteiger partial charge in [0.1, 0.15) is 0 Å². The average Bonchev–Trinajstić information content (AvgIpc) is 2.89. The van der Waals surface area contributed by atoms with Gasteiger partial charge in [-0.25, -0.2) is 0 Å². The van der Waals surface area contributed by atoms with Crippen molar-refractivity contribution in [3.05, 3.63) is 145 Å². The molecule has 0 saturated heterocycles. The standard InChI is InChI=1S/C30H22NO/c32-30(25-17-9-3-10-18-25)29-22-26(23-13-5-1-6-14-23)21-28(24-15-7-2-8-16-24)31(29)27-19-11-4-12-20-27/h1-22H/q+1. The van der Waals surface area contributed by atoms with Crippen molar-refractivity contribution in [1.82, 2.24) is 0 Å². The highest BCUT2D eigenvalue weighted by molar-refractivity contribution is 6.07. The fourth-order valence-corrected chi connectivity index (χ4v) is 3.97. The first kappa shape index (κ1) is 19.7. The van der Waals surface area contributed by atoms with Crippen LogP contribution in [0.3, 0.4) is 0 Å². The van der Waals surface area contributed by atoms with E-state index < -0.39 is 0 Å². The van der Waals surface area contributed by atoms with Crippen molar-refractivity contribution in [2.24, 2.45) is 0 Å². The van der Waals surface area contributed by atoms with Gasteiger partial charge >= 0.3 is 0 Å². The van der Waals surface area contributed by atoms with E-state index in [1.54, 1.807) is 0 Å². The third kappa shape index (κ3) is 3.86. The number of pyridine rings is 1. The molecule has 0 N–H and O–H groups in total. The largest absolute Gasteiger partial charge is 0.282 e. The number of para-hydroxylation sites is 1. The number of carbonyl (C=O) groups is 1. The minimum atomic E-state index is -0.00980. The Morgan fingerprint density at radius 3 is 1.59 bits per heavy atom. The zero-order valence-electron chi connectivity index (χ0n) is 17.6. The van der Waals surface area contributed by atoms with Crippen LogP contribution in [0.4, 0.5) is 0 Å². The first-order valence-corrected chi connectivity index (χ1v) is 10.7. The predicted molar refractivity (Wildman–Crippen MR) is 129 cm³/mol. The van der Waals surface area contributed by atoms with E-state index in [1.807, 2.05) is 103 Å². The highest BCUT2D eigenvalue weighted by Gasteiger charge is 2.28. The molecule has 152 valence electrons. The molecule has 5 rings (SSSR count). The van der Waals surface area contributed by atoms with E-state index in [0.29, 0.717) is 11.3 Å². The van der Waals surface area contributed by atoms with Crippen LogP contribution in [-0.4, -0.2) is 5.78 Å². The van der Waals surface area contributed by atoms with E-state index in [2.05, 4.69) is 34.9 Å². The van der Waals surface area contributed by atoms with Crippen LogP contribution < -0.4 is 4.57 Å². The summed E-state index contributed by atoms with van der Waals surface area (Å²) < 4.78 is 2.07. The van der Waals surface area contributed by atoms with Crippen molar-refractivity contribution in [2.45, 2.75) is 0 Å². The SMILES string of the molecule is O=C(c1ccccc1)c1cc(-c2ccccc2)cc(-c2ccccc2)[n+]1-c1ccccc1. The van der Waals surface area contributed by atoms with Gasteiger partial charge in [-0.1, -0.05) is 97.1 Å². The van der Waals surface area contributed by atoms with Crippen LogP contribution in [0.2, 0.25) is 0 Å². The molecule has 0 amide bonds. The molecule has 0 bridgehead atoms. The van der Waals surface area contributed by atoms with Crippen molar-refractivity contribution in [3.63, 3.8) is 0 Å². The van der Waals surface area contributed by atoms with Gasteiger partial charge in [0.05, 0.1) is 0 Å². The van der Waals surface area contributed by atoms with Gasteiger partial charge in [0.2, 0.25) is 11.4 Å². The summed E-state index contributed by atoms with van der Waals surface area (Å²) in [6, 6.07) is 44.1. The lowest BCUT2D eigenvalue weighted by Crippen LogP contribution is -2.40. The van der Waals surface area contributed by atoms with Gasteiger partial charge in [-0.15, -0.1) is 4.57 Å². The number of hydrogen-bond acceptors (Lipinski definition) is 1. The van der Waals surface area contributed by atoms with Gasteiger partial charge in [0.25, 0.3) is 11.5 Å². The Balaban J connectivity index is 1.85. The van der Waals surface area contributed by atoms with Crippen molar-refractivity contribution in [3.8, 4) is 28.1 Å². The molecular formula is C30H22NO+. The van der Waals surface area contributed by atoms with Gasteiger partial charge in [-0.05, 0) is 23.3 Å². The number of rotatable bonds is 5. The molecule has 0 aliphatic rings. The summed E-state index contributed by atoms with van der Waals surface area (Å²) in [7, 11) is 0. The molecule has 0 spiro atoms. The summed E-state index contributed by atoms with van der Waals surface area (Å²) in [5.74, 6) is -0.00980. The van der Waals surface area contributed by atoms with Crippen LogP contribution in [0, 0.1) is 0 Å². The second-order valence-corrected chi connectivity index (χ2v) is 7.61. The highest BCUT2D eigenvalue weighted by atomic mass is 16.1. The van der Waals surface area contributed by atoms with Gasteiger partial charge in [0.15, 0.2) is 0 Å². The number of nitrogens with zero attached hydrogens (tertiary/aromatic N) is 1. The third-order valence-electron chi connectivity index (χ3n) is 5.53. The number of ketones is 1. The lowest BCUT2D eigenvalue weighted by molar-refractivity contribution is -0.586. The van der Waals surface area contributed by atoms with Gasteiger partial charge in [-0.3, -0.25) is 4.79 Å². The molecular weight excluding hydrogens is 390 g/mol. The molecule has 1 heterocycles. The van der Waals surface area contributed by atoms with Crippen molar-refractivity contribution >= 4 is 5.78 Å². The third-order valence-corrected chi connectivity index (χ3v) is 5.53. The smallest absolute Gasteiger partial charge is 0.260 e. The summed E-state index contributed by atoms with van der Waals surface area (Å²) in [5.41, 5.74) is 6.35. The fraction of sp³-hybridized carbons (Fsp3) is 0. The van der Waals surface area contributed by atoms with Crippen LogP contribution in [0.25, 0.3) is 28.1 Å². The Labute approximate surface area is 188 Å². The van der Waals surface area contributed by atoms with E-state index in [1.165, 1.54) is 0 Å². The maximum atomic E-state index is 13.8. The van der Waals surface area contributed by atoms with E-state index in [4.69, 9.17) is 0 Å². The molecule has 2 nitrogen and oxygen atoms in total. The van der Waals surface area contributed by atoms with E-state index in [9.17, 15) is 4.79 Å². The average molecular weight is 413 g/mol. The molecule has 1 aromatic heterocycles. The number of aromatic nitrogens is 1. The molecule has 0 unspecified atom stereocenters. The van der Waals surface area contributed by atoms with E-state index in [-0.39, 0.29) is 5.78 Å². The Morgan fingerprint density at radius 1 is 0.500 bits per heavy atom. The van der Waals surface area contributed by atoms with E-state index in [0.717, 1.165) is 28.1 Å². The maximum absolute atomic E-state index is 13.8. The van der Waals surface area contributed by atoms with Gasteiger partial charge in [-0.2, -0.15) is 0 Å². The molecule has 5 aromatic rings. The van der Waals surface area contributed by atoms with Crippen LogP contribution in [-0.2, 0) is 0 Å². The monoisotopic (exact) mass is 412 g/mol. The van der Waals surface area contributed by atoms with E-state index >= 15 is 0 Å². The molecule has 0 aliphatic heterocycles. The van der Waals surface area contributed by atoms with Crippen molar-refractivity contribution < 1.29 is 9.36 Å². The topological polar surface area (TPSA) is 20.9 Å². The van der Waals surface area contributed by atoms with Crippen LogP contribution >= 0.6 is 0 Å². The Kier molecular flexibility index (Phi) is 5.42. The van der Waals surface area contributed by atoms with Crippen LogP contribution in [0.15, 0.2) is 133 Å². The summed E-state index contributed by atoms with van der Waals surface area (Å²) in [6.45, 7) is 0.